The van der Waals surface area contributed by atoms with Crippen molar-refractivity contribution >= 4 is 32.1 Å². The van der Waals surface area contributed by atoms with Crippen LogP contribution in [-0.4, -0.2) is 31.6 Å². The third-order valence-electron chi connectivity index (χ3n) is 3.47. The van der Waals surface area contributed by atoms with Gasteiger partial charge in [0.2, 0.25) is 10.0 Å². The topological polar surface area (TPSA) is 96.5 Å². The molecule has 0 unspecified atom stereocenters. The van der Waals surface area contributed by atoms with E-state index >= 15 is 0 Å². The van der Waals surface area contributed by atoms with Crippen molar-refractivity contribution in [1.82, 2.24) is 4.98 Å². The number of primary sulfonamides is 1. The third-order valence-corrected chi connectivity index (χ3v) is 5.94. The molecule has 1 aromatic heterocycles. The number of benzene rings is 1. The van der Waals surface area contributed by atoms with Gasteiger partial charge in [0.25, 0.3) is 0 Å². The van der Waals surface area contributed by atoms with Crippen LogP contribution >= 0.6 is 11.3 Å². The molecule has 22 heavy (non-hydrogen) atoms. The van der Waals surface area contributed by atoms with Crippen LogP contribution in [0.4, 0.5) is 5.13 Å². The molecule has 0 saturated carbocycles. The van der Waals surface area contributed by atoms with Gasteiger partial charge in [-0.1, -0.05) is 29.5 Å². The summed E-state index contributed by atoms with van der Waals surface area (Å²) in [6.45, 7) is 1.41. The molecular weight excluding hydrogens is 322 g/mol. The van der Waals surface area contributed by atoms with Crippen LogP contribution in [0.5, 0.6) is 5.75 Å². The number of nitrogens with two attached hydrogens (primary N) is 1. The second-order valence-corrected chi connectivity index (χ2v) is 7.78. The molecule has 0 amide bonds. The van der Waals surface area contributed by atoms with E-state index in [2.05, 4.69) is 11.1 Å². The van der Waals surface area contributed by atoms with Gasteiger partial charge in [0.1, 0.15) is 5.75 Å². The van der Waals surface area contributed by atoms with Gasteiger partial charge in [-0.3, -0.25) is 0 Å². The Kier molecular flexibility index (Phi) is 3.90. The van der Waals surface area contributed by atoms with Gasteiger partial charge in [-0.05, 0) is 29.7 Å². The van der Waals surface area contributed by atoms with E-state index in [0.717, 1.165) is 29.9 Å². The Morgan fingerprint density at radius 3 is 2.55 bits per heavy atom. The molecule has 0 radical (unpaired) electrons. The van der Waals surface area contributed by atoms with Gasteiger partial charge in [0, 0.05) is 13.1 Å². The van der Waals surface area contributed by atoms with Crippen LogP contribution in [0.3, 0.4) is 0 Å². The minimum atomic E-state index is -3.69. The lowest BCUT2D eigenvalue weighted by Gasteiger charge is -2.26. The maximum Gasteiger partial charge on any atom is 0.249 e. The molecule has 0 saturated heterocycles. The van der Waals surface area contributed by atoms with Crippen molar-refractivity contribution in [2.24, 2.45) is 5.14 Å². The van der Waals surface area contributed by atoms with E-state index in [9.17, 15) is 13.5 Å². The SMILES string of the molecule is NS(=O)(=O)c1cnc(N2CC=C(c3ccc(O)cc3)CC2)s1. The maximum atomic E-state index is 11.3. The Bertz CT molecular complexity index is 810. The van der Waals surface area contributed by atoms with Gasteiger partial charge < -0.3 is 10.0 Å². The van der Waals surface area contributed by atoms with Crippen molar-refractivity contribution in [3.63, 3.8) is 0 Å². The summed E-state index contributed by atoms with van der Waals surface area (Å²) in [5.41, 5.74) is 2.29. The summed E-state index contributed by atoms with van der Waals surface area (Å²) in [4.78, 5) is 6.16. The molecule has 3 N–H and O–H groups in total. The van der Waals surface area contributed by atoms with Crippen LogP contribution in [-0.2, 0) is 10.0 Å². The Hall–Kier alpha value is -1.90. The highest BCUT2D eigenvalue weighted by atomic mass is 32.2. The zero-order valence-corrected chi connectivity index (χ0v) is 13.3. The molecule has 2 heterocycles. The second kappa shape index (κ2) is 5.71. The van der Waals surface area contributed by atoms with Crippen molar-refractivity contribution in [2.45, 2.75) is 10.6 Å². The van der Waals surface area contributed by atoms with Gasteiger partial charge in [0.15, 0.2) is 9.34 Å². The van der Waals surface area contributed by atoms with Crippen LogP contribution in [0.25, 0.3) is 5.57 Å². The average Bonchev–Trinajstić information content (AvgIpc) is 2.98. The van der Waals surface area contributed by atoms with Gasteiger partial charge in [-0.2, -0.15) is 0 Å². The number of phenolic OH excluding ortho intramolecular Hbond substituents is 1. The zero-order valence-electron chi connectivity index (χ0n) is 11.6. The van der Waals surface area contributed by atoms with E-state index < -0.39 is 10.0 Å². The fourth-order valence-electron chi connectivity index (χ4n) is 2.31. The Morgan fingerprint density at radius 1 is 1.27 bits per heavy atom. The highest BCUT2D eigenvalue weighted by molar-refractivity contribution is 7.91. The predicted molar refractivity (Wildman–Crippen MR) is 86.4 cm³/mol. The molecule has 0 bridgehead atoms. The molecule has 8 heteroatoms. The molecule has 1 aliphatic rings. The quantitative estimate of drug-likeness (QED) is 0.890. The smallest absolute Gasteiger partial charge is 0.249 e. The summed E-state index contributed by atoms with van der Waals surface area (Å²) >= 11 is 1.08. The van der Waals surface area contributed by atoms with Crippen LogP contribution in [0.2, 0.25) is 0 Å². The number of anilines is 1. The Labute approximate surface area is 132 Å². The third kappa shape index (κ3) is 3.13. The Morgan fingerprint density at radius 2 is 2.00 bits per heavy atom. The summed E-state index contributed by atoms with van der Waals surface area (Å²) < 4.78 is 22.7. The summed E-state index contributed by atoms with van der Waals surface area (Å²) in [7, 11) is -3.69. The highest BCUT2D eigenvalue weighted by Crippen LogP contribution is 2.30. The number of aromatic hydroxyl groups is 1. The molecule has 6 nitrogen and oxygen atoms in total. The fraction of sp³-hybridized carbons (Fsp3) is 0.214. The summed E-state index contributed by atoms with van der Waals surface area (Å²) in [6, 6.07) is 7.11. The molecule has 1 aromatic carbocycles. The van der Waals surface area contributed by atoms with E-state index in [4.69, 9.17) is 5.14 Å². The second-order valence-electron chi connectivity index (χ2n) is 4.98. The lowest BCUT2D eigenvalue weighted by Crippen LogP contribution is -2.27. The lowest BCUT2D eigenvalue weighted by molar-refractivity contribution is 0.475. The summed E-state index contributed by atoms with van der Waals surface area (Å²) in [5, 5.41) is 15.1. The van der Waals surface area contributed by atoms with Crippen LogP contribution in [0, 0.1) is 0 Å². The van der Waals surface area contributed by atoms with E-state index in [-0.39, 0.29) is 9.96 Å². The molecule has 2 aromatic rings. The number of hydrogen-bond donors (Lipinski definition) is 2. The first-order valence-electron chi connectivity index (χ1n) is 6.65. The monoisotopic (exact) mass is 337 g/mol. The van der Waals surface area contributed by atoms with Gasteiger partial charge >= 0.3 is 0 Å². The van der Waals surface area contributed by atoms with E-state index in [0.29, 0.717) is 11.7 Å². The average molecular weight is 337 g/mol. The predicted octanol–water partition coefficient (Wildman–Crippen LogP) is 1.79. The summed E-state index contributed by atoms with van der Waals surface area (Å²) in [5.74, 6) is 0.250. The number of hydrogen-bond acceptors (Lipinski definition) is 6. The molecular formula is C14H15N3O3S2. The standard InChI is InChI=1S/C14H15N3O3S2/c15-22(19,20)13-9-16-14(21-13)17-7-5-11(6-8-17)10-1-3-12(18)4-2-10/h1-5,9,18H,6-8H2,(H2,15,19,20). The van der Waals surface area contributed by atoms with E-state index in [1.165, 1.54) is 11.8 Å². The van der Waals surface area contributed by atoms with Crippen molar-refractivity contribution in [2.75, 3.05) is 18.0 Å². The van der Waals surface area contributed by atoms with Crippen molar-refractivity contribution in [3.8, 4) is 5.75 Å². The van der Waals surface area contributed by atoms with Gasteiger partial charge in [0.05, 0.1) is 6.20 Å². The molecule has 0 aliphatic carbocycles. The first-order chi connectivity index (χ1) is 10.4. The minimum Gasteiger partial charge on any atom is -0.508 e. The molecule has 0 spiro atoms. The highest BCUT2D eigenvalue weighted by Gasteiger charge is 2.19. The van der Waals surface area contributed by atoms with Crippen LogP contribution in [0.15, 0.2) is 40.7 Å². The Balaban J connectivity index is 1.76. The first-order valence-corrected chi connectivity index (χ1v) is 9.02. The van der Waals surface area contributed by atoms with E-state index in [1.54, 1.807) is 12.1 Å². The summed E-state index contributed by atoms with van der Waals surface area (Å²) in [6.07, 6.45) is 4.22. The number of sulfonamides is 1. The van der Waals surface area contributed by atoms with Crippen molar-refractivity contribution in [1.29, 1.82) is 0 Å². The molecule has 0 fully saturated rings. The maximum absolute atomic E-state index is 11.3. The normalized spacial score (nSPS) is 15.7. The lowest BCUT2D eigenvalue weighted by atomic mass is 10.00. The molecule has 116 valence electrons. The minimum absolute atomic E-state index is 0.0795. The number of phenols is 1. The van der Waals surface area contributed by atoms with Crippen LogP contribution < -0.4 is 10.0 Å². The molecule has 1 aliphatic heterocycles. The van der Waals surface area contributed by atoms with Gasteiger partial charge in [-0.25, -0.2) is 18.5 Å². The zero-order chi connectivity index (χ0) is 15.7. The van der Waals surface area contributed by atoms with Crippen molar-refractivity contribution < 1.29 is 13.5 Å². The van der Waals surface area contributed by atoms with Crippen molar-refractivity contribution in [3.05, 3.63) is 42.1 Å². The fourth-order valence-corrected chi connectivity index (χ4v) is 3.88. The number of thiazole rings is 1. The number of aromatic nitrogens is 1. The van der Waals surface area contributed by atoms with Gasteiger partial charge in [-0.15, -0.1) is 0 Å². The van der Waals surface area contributed by atoms with E-state index in [1.807, 2.05) is 17.0 Å². The molecule has 0 atom stereocenters. The number of rotatable bonds is 3. The number of nitrogens with zero attached hydrogens (tertiary/aromatic N) is 2. The molecule has 3 rings (SSSR count). The first kappa shape index (κ1) is 15.0. The largest absolute Gasteiger partial charge is 0.508 e. The van der Waals surface area contributed by atoms with Crippen LogP contribution in [0.1, 0.15) is 12.0 Å².